The van der Waals surface area contributed by atoms with Crippen LogP contribution in [0.2, 0.25) is 0 Å². The second-order valence-corrected chi connectivity index (χ2v) is 2.56. The molecule has 0 spiro atoms. The van der Waals surface area contributed by atoms with Crippen molar-refractivity contribution in [2.75, 3.05) is 6.54 Å². The van der Waals surface area contributed by atoms with E-state index in [2.05, 4.69) is 18.1 Å². The van der Waals surface area contributed by atoms with E-state index < -0.39 is 0 Å². The molecule has 9 heavy (non-hydrogen) atoms. The smallest absolute Gasteiger partial charge is 0.220 e. The van der Waals surface area contributed by atoms with Crippen LogP contribution in [0, 0.1) is 0 Å². The Morgan fingerprint density at radius 1 is 1.78 bits per heavy atom. The number of hydrogen-bond acceptors (Lipinski definition) is 3. The zero-order valence-electron chi connectivity index (χ0n) is 5.08. The van der Waals surface area contributed by atoms with Gasteiger partial charge in [-0.05, 0) is 19.4 Å². The van der Waals surface area contributed by atoms with Crippen LogP contribution < -0.4 is 5.32 Å². The van der Waals surface area contributed by atoms with Crippen molar-refractivity contribution in [3.05, 3.63) is 0 Å². The maximum absolute atomic E-state index is 10.1. The summed E-state index contributed by atoms with van der Waals surface area (Å²) in [6.07, 6.45) is 3.04. The monoisotopic (exact) mass is 146 g/mol. The number of hydrogen-bond donors (Lipinski definition) is 2. The van der Waals surface area contributed by atoms with Crippen molar-refractivity contribution in [3.63, 3.8) is 0 Å². The largest absolute Gasteiger partial charge is 0.297 e. The molecule has 0 bridgehead atoms. The summed E-state index contributed by atoms with van der Waals surface area (Å²) in [5.74, 6) is 0. The molecule has 1 N–H and O–H groups in total. The van der Waals surface area contributed by atoms with Gasteiger partial charge in [-0.3, -0.25) is 14.4 Å². The second-order valence-electron chi connectivity index (χ2n) is 2.10. The van der Waals surface area contributed by atoms with E-state index in [1.54, 1.807) is 0 Å². The molecular weight excluding hydrogens is 136 g/mol. The van der Waals surface area contributed by atoms with Crippen LogP contribution in [0.3, 0.4) is 0 Å². The van der Waals surface area contributed by atoms with Gasteiger partial charge >= 0.3 is 0 Å². The number of carbonyl (C=O) groups excluding carboxylic acids is 1. The van der Waals surface area contributed by atoms with Crippen molar-refractivity contribution in [1.82, 2.24) is 9.62 Å². The highest BCUT2D eigenvalue weighted by Crippen LogP contribution is 2.09. The Morgan fingerprint density at radius 3 is 3.00 bits per heavy atom. The fourth-order valence-electron chi connectivity index (χ4n) is 0.965. The Balaban J connectivity index is 2.32. The minimum atomic E-state index is 0.158. The molecule has 4 heteroatoms. The quantitative estimate of drug-likeness (QED) is 0.424. The fourth-order valence-corrected chi connectivity index (χ4v) is 1.16. The maximum atomic E-state index is 10.1. The van der Waals surface area contributed by atoms with Crippen molar-refractivity contribution in [3.8, 4) is 0 Å². The van der Waals surface area contributed by atoms with Crippen LogP contribution in [-0.2, 0) is 4.79 Å². The van der Waals surface area contributed by atoms with Crippen LogP contribution in [0.15, 0.2) is 0 Å². The molecule has 52 valence electrons. The molecule has 1 aliphatic heterocycles. The molecule has 1 fully saturated rings. The van der Waals surface area contributed by atoms with Crippen molar-refractivity contribution in [1.29, 1.82) is 0 Å². The van der Waals surface area contributed by atoms with E-state index in [1.165, 1.54) is 4.31 Å². The normalized spacial score (nSPS) is 26.1. The highest BCUT2D eigenvalue weighted by molar-refractivity contribution is 7.78. The lowest BCUT2D eigenvalue weighted by Crippen LogP contribution is -2.34. The highest BCUT2D eigenvalue weighted by Gasteiger charge is 2.17. The van der Waals surface area contributed by atoms with Crippen LogP contribution in [0.25, 0.3) is 0 Å². The second kappa shape index (κ2) is 3.08. The van der Waals surface area contributed by atoms with Crippen LogP contribution in [0.1, 0.15) is 12.8 Å². The zero-order valence-corrected chi connectivity index (χ0v) is 5.97. The number of carbonyl (C=O) groups is 1. The van der Waals surface area contributed by atoms with Gasteiger partial charge in [-0.2, -0.15) is 0 Å². The number of nitrogens with zero attached hydrogens (tertiary/aromatic N) is 1. The van der Waals surface area contributed by atoms with Gasteiger partial charge in [0.1, 0.15) is 0 Å². The minimum absolute atomic E-state index is 0.158. The predicted molar refractivity (Wildman–Crippen MR) is 37.9 cm³/mol. The molecular formula is C5H10N2OS. The van der Waals surface area contributed by atoms with Crippen LogP contribution in [0.4, 0.5) is 0 Å². The van der Waals surface area contributed by atoms with Gasteiger partial charge in [0.15, 0.2) is 0 Å². The van der Waals surface area contributed by atoms with Gasteiger partial charge in [0, 0.05) is 0 Å². The molecule has 0 radical (unpaired) electrons. The van der Waals surface area contributed by atoms with Gasteiger partial charge in [0.2, 0.25) is 6.41 Å². The first kappa shape index (κ1) is 6.89. The van der Waals surface area contributed by atoms with E-state index in [1.807, 2.05) is 0 Å². The number of thiol groups is 1. The van der Waals surface area contributed by atoms with E-state index >= 15 is 0 Å². The average Bonchev–Trinajstić information content (AvgIpc) is 2.37. The molecule has 0 aromatic heterocycles. The number of nitrogens with one attached hydrogen (secondary N) is 1. The molecule has 0 aromatic carbocycles. The number of rotatable bonds is 2. The lowest BCUT2D eigenvalue weighted by atomic mass is 10.3. The van der Waals surface area contributed by atoms with Gasteiger partial charge in [0.05, 0.1) is 6.17 Å². The third-order valence-corrected chi connectivity index (χ3v) is 1.83. The Kier molecular flexibility index (Phi) is 2.36. The topological polar surface area (TPSA) is 32.3 Å². The van der Waals surface area contributed by atoms with E-state index in [9.17, 15) is 4.79 Å². The summed E-state index contributed by atoms with van der Waals surface area (Å²) in [5.41, 5.74) is 0. The highest BCUT2D eigenvalue weighted by atomic mass is 32.1. The molecule has 1 amide bonds. The van der Waals surface area contributed by atoms with Crippen molar-refractivity contribution >= 4 is 19.2 Å². The molecule has 3 nitrogen and oxygen atoms in total. The Morgan fingerprint density at radius 2 is 2.56 bits per heavy atom. The zero-order chi connectivity index (χ0) is 6.69. The summed E-state index contributed by atoms with van der Waals surface area (Å²) < 4.78 is 1.37. The Labute approximate surface area is 60.0 Å². The molecule has 0 saturated carbocycles. The maximum Gasteiger partial charge on any atom is 0.220 e. The molecule has 1 saturated heterocycles. The molecule has 0 aromatic rings. The van der Waals surface area contributed by atoms with E-state index in [4.69, 9.17) is 0 Å². The molecule has 1 atom stereocenters. The molecule has 1 rings (SSSR count). The van der Waals surface area contributed by atoms with Crippen molar-refractivity contribution in [2.24, 2.45) is 0 Å². The van der Waals surface area contributed by atoms with Crippen molar-refractivity contribution in [2.45, 2.75) is 19.0 Å². The fraction of sp³-hybridized carbons (Fsp3) is 0.800. The lowest BCUT2D eigenvalue weighted by molar-refractivity contribution is -0.115. The summed E-state index contributed by atoms with van der Waals surface area (Å²) >= 11 is 3.93. The first-order chi connectivity index (χ1) is 4.34. The first-order valence-electron chi connectivity index (χ1n) is 3.00. The summed E-state index contributed by atoms with van der Waals surface area (Å²) in [4.78, 5) is 10.1. The molecule has 0 aliphatic carbocycles. The van der Waals surface area contributed by atoms with Gasteiger partial charge in [-0.15, -0.1) is 0 Å². The van der Waals surface area contributed by atoms with Gasteiger partial charge in [0.25, 0.3) is 0 Å². The van der Waals surface area contributed by atoms with Crippen LogP contribution in [0.5, 0.6) is 0 Å². The number of amides is 1. The summed E-state index contributed by atoms with van der Waals surface area (Å²) in [6, 6.07) is 0. The van der Waals surface area contributed by atoms with Crippen molar-refractivity contribution < 1.29 is 4.79 Å². The predicted octanol–water partition coefficient (Wildman–Crippen LogP) is -0.000900. The molecule has 1 unspecified atom stereocenters. The van der Waals surface area contributed by atoms with Gasteiger partial charge in [-0.1, -0.05) is 12.8 Å². The first-order valence-corrected chi connectivity index (χ1v) is 3.40. The van der Waals surface area contributed by atoms with Gasteiger partial charge in [-0.25, -0.2) is 0 Å². The van der Waals surface area contributed by atoms with E-state index in [-0.39, 0.29) is 6.17 Å². The third kappa shape index (κ3) is 1.59. The lowest BCUT2D eigenvalue weighted by Gasteiger charge is -2.16. The Hall–Kier alpha value is -0.220. The van der Waals surface area contributed by atoms with Gasteiger partial charge < -0.3 is 0 Å². The van der Waals surface area contributed by atoms with E-state index in [0.29, 0.717) is 0 Å². The molecule has 1 aliphatic rings. The SMILES string of the molecule is O=CN(S)C1CCCN1. The standard InChI is InChI=1S/C5H10N2OS/c8-4-7(9)5-2-1-3-6-5/h4-6,9H,1-3H2. The summed E-state index contributed by atoms with van der Waals surface area (Å²) in [7, 11) is 0. The van der Waals surface area contributed by atoms with Crippen LogP contribution >= 0.6 is 12.8 Å². The minimum Gasteiger partial charge on any atom is -0.297 e. The Bertz CT molecular complexity index is 103. The molecule has 1 heterocycles. The van der Waals surface area contributed by atoms with E-state index in [0.717, 1.165) is 25.8 Å². The van der Waals surface area contributed by atoms with Crippen LogP contribution in [-0.4, -0.2) is 23.4 Å². The average molecular weight is 146 g/mol. The summed E-state index contributed by atoms with van der Waals surface area (Å²) in [5, 5.41) is 3.13. The third-order valence-electron chi connectivity index (χ3n) is 1.46. The summed E-state index contributed by atoms with van der Waals surface area (Å²) in [6.45, 7) is 0.996.